The summed E-state index contributed by atoms with van der Waals surface area (Å²) in [5.41, 5.74) is 2.60. The lowest BCUT2D eigenvalue weighted by Gasteiger charge is -2.04. The van der Waals surface area contributed by atoms with Crippen molar-refractivity contribution in [1.29, 1.82) is 0 Å². The summed E-state index contributed by atoms with van der Waals surface area (Å²) in [5.74, 6) is 1.52. The van der Waals surface area contributed by atoms with E-state index >= 15 is 0 Å². The van der Waals surface area contributed by atoms with Crippen LogP contribution in [0.3, 0.4) is 0 Å². The summed E-state index contributed by atoms with van der Waals surface area (Å²) in [4.78, 5) is 12.4. The molecule has 0 radical (unpaired) electrons. The van der Waals surface area contributed by atoms with Crippen LogP contribution >= 0.6 is 15.9 Å². The number of Topliss-reactive ketones (excluding diaryl/α,β-unsaturated/α-hetero) is 1. The molecule has 20 heavy (non-hydrogen) atoms. The molecule has 2 heterocycles. The Balaban J connectivity index is 2.32. The molecule has 0 saturated heterocycles. The molecule has 2 aromatic rings. The van der Waals surface area contributed by atoms with Crippen molar-refractivity contribution in [3.63, 3.8) is 0 Å². The molecule has 0 aliphatic carbocycles. The van der Waals surface area contributed by atoms with Crippen LogP contribution < -0.4 is 0 Å². The molecular formula is C15H19BrN2O2. The van der Waals surface area contributed by atoms with Crippen molar-refractivity contribution in [1.82, 2.24) is 9.78 Å². The standard InChI is InChI=1S/C15H19BrN2O2/c1-5-12-15(16)13(18(6-2)17-12)8-14(19)11-7-9(3)20-10(11)4/h7H,5-6,8H2,1-4H3. The first-order valence-electron chi connectivity index (χ1n) is 6.82. The minimum absolute atomic E-state index is 0.0669. The molecule has 0 atom stereocenters. The zero-order valence-electron chi connectivity index (χ0n) is 12.3. The topological polar surface area (TPSA) is 48.0 Å². The van der Waals surface area contributed by atoms with Crippen molar-refractivity contribution < 1.29 is 9.21 Å². The van der Waals surface area contributed by atoms with Crippen LogP contribution in [0.25, 0.3) is 0 Å². The van der Waals surface area contributed by atoms with Gasteiger partial charge in [0.2, 0.25) is 0 Å². The van der Waals surface area contributed by atoms with Gasteiger partial charge in [-0.05, 0) is 49.2 Å². The quantitative estimate of drug-likeness (QED) is 0.777. The summed E-state index contributed by atoms with van der Waals surface area (Å²) < 4.78 is 8.28. The van der Waals surface area contributed by atoms with Crippen molar-refractivity contribution >= 4 is 21.7 Å². The first kappa shape index (κ1) is 15.0. The largest absolute Gasteiger partial charge is 0.466 e. The fraction of sp³-hybridized carbons (Fsp3) is 0.467. The third kappa shape index (κ3) is 2.73. The maximum atomic E-state index is 12.4. The van der Waals surface area contributed by atoms with E-state index in [0.29, 0.717) is 17.7 Å². The van der Waals surface area contributed by atoms with Gasteiger partial charge in [-0.25, -0.2) is 0 Å². The molecule has 0 aliphatic rings. The maximum Gasteiger partial charge on any atom is 0.172 e. The summed E-state index contributed by atoms with van der Waals surface area (Å²) >= 11 is 3.57. The van der Waals surface area contributed by atoms with Gasteiger partial charge in [-0.15, -0.1) is 0 Å². The van der Waals surface area contributed by atoms with Crippen LogP contribution in [0, 0.1) is 13.8 Å². The van der Waals surface area contributed by atoms with E-state index in [2.05, 4.69) is 28.0 Å². The van der Waals surface area contributed by atoms with E-state index in [9.17, 15) is 4.79 Å². The average molecular weight is 339 g/mol. The Hall–Kier alpha value is -1.36. The minimum Gasteiger partial charge on any atom is -0.466 e. The fourth-order valence-electron chi connectivity index (χ4n) is 2.34. The predicted octanol–water partition coefficient (Wildman–Crippen LogP) is 3.86. The van der Waals surface area contributed by atoms with Gasteiger partial charge in [0.05, 0.1) is 27.8 Å². The molecule has 0 unspecified atom stereocenters. The normalized spacial score (nSPS) is 11.1. The summed E-state index contributed by atoms with van der Waals surface area (Å²) in [6.07, 6.45) is 1.18. The molecule has 5 heteroatoms. The lowest BCUT2D eigenvalue weighted by molar-refractivity contribution is 0.0989. The van der Waals surface area contributed by atoms with Crippen LogP contribution in [0.4, 0.5) is 0 Å². The Kier molecular flexibility index (Phi) is 4.48. The first-order chi connectivity index (χ1) is 9.47. The highest BCUT2D eigenvalue weighted by atomic mass is 79.9. The number of hydrogen-bond donors (Lipinski definition) is 0. The highest BCUT2D eigenvalue weighted by molar-refractivity contribution is 9.10. The van der Waals surface area contributed by atoms with Crippen LogP contribution in [-0.4, -0.2) is 15.6 Å². The zero-order valence-corrected chi connectivity index (χ0v) is 13.9. The van der Waals surface area contributed by atoms with Crippen LogP contribution in [-0.2, 0) is 19.4 Å². The number of hydrogen-bond acceptors (Lipinski definition) is 3. The van der Waals surface area contributed by atoms with Gasteiger partial charge < -0.3 is 4.42 Å². The van der Waals surface area contributed by atoms with Gasteiger partial charge in [-0.3, -0.25) is 9.48 Å². The SMILES string of the molecule is CCc1nn(CC)c(CC(=O)c2cc(C)oc2C)c1Br. The second kappa shape index (κ2) is 5.95. The molecule has 0 spiro atoms. The summed E-state index contributed by atoms with van der Waals surface area (Å²) in [6.45, 7) is 8.52. The van der Waals surface area contributed by atoms with Crippen molar-refractivity contribution in [3.8, 4) is 0 Å². The Morgan fingerprint density at radius 1 is 1.40 bits per heavy atom. The number of aromatic nitrogens is 2. The third-order valence-corrected chi connectivity index (χ3v) is 4.28. The molecule has 2 aromatic heterocycles. The summed E-state index contributed by atoms with van der Waals surface area (Å²) in [7, 11) is 0. The number of ketones is 1. The van der Waals surface area contributed by atoms with E-state index in [1.807, 2.05) is 25.5 Å². The molecule has 0 aliphatic heterocycles. The number of halogens is 1. The zero-order chi connectivity index (χ0) is 14.9. The molecule has 2 rings (SSSR count). The van der Waals surface area contributed by atoms with Crippen LogP contribution in [0.5, 0.6) is 0 Å². The van der Waals surface area contributed by atoms with E-state index in [0.717, 1.165) is 34.6 Å². The maximum absolute atomic E-state index is 12.4. The lowest BCUT2D eigenvalue weighted by atomic mass is 10.1. The minimum atomic E-state index is 0.0669. The van der Waals surface area contributed by atoms with Gasteiger partial charge in [0.1, 0.15) is 11.5 Å². The molecule has 0 fully saturated rings. The van der Waals surface area contributed by atoms with Crippen LogP contribution in [0.2, 0.25) is 0 Å². The fourth-order valence-corrected chi connectivity index (χ4v) is 3.05. The number of nitrogens with zero attached hydrogens (tertiary/aromatic N) is 2. The van der Waals surface area contributed by atoms with Crippen molar-refractivity contribution in [3.05, 3.63) is 39.0 Å². The lowest BCUT2D eigenvalue weighted by Crippen LogP contribution is -2.10. The number of carbonyl (C=O) groups is 1. The van der Waals surface area contributed by atoms with Gasteiger partial charge >= 0.3 is 0 Å². The smallest absolute Gasteiger partial charge is 0.172 e. The van der Waals surface area contributed by atoms with E-state index < -0.39 is 0 Å². The summed E-state index contributed by atoms with van der Waals surface area (Å²) in [6, 6.07) is 1.80. The first-order valence-corrected chi connectivity index (χ1v) is 7.61. The van der Waals surface area contributed by atoms with Crippen LogP contribution in [0.15, 0.2) is 15.0 Å². The highest BCUT2D eigenvalue weighted by Gasteiger charge is 2.20. The number of carbonyl (C=O) groups excluding carboxylic acids is 1. The summed E-state index contributed by atoms with van der Waals surface area (Å²) in [5, 5.41) is 4.52. The van der Waals surface area contributed by atoms with E-state index in [-0.39, 0.29) is 5.78 Å². The van der Waals surface area contributed by atoms with E-state index in [1.165, 1.54) is 0 Å². The second-order valence-electron chi connectivity index (χ2n) is 4.80. The van der Waals surface area contributed by atoms with Crippen molar-refractivity contribution in [2.75, 3.05) is 0 Å². The third-order valence-electron chi connectivity index (χ3n) is 3.36. The van der Waals surface area contributed by atoms with Crippen molar-refractivity contribution in [2.24, 2.45) is 0 Å². The number of rotatable bonds is 5. The average Bonchev–Trinajstić information content (AvgIpc) is 2.90. The van der Waals surface area contributed by atoms with Gasteiger partial charge in [-0.1, -0.05) is 6.92 Å². The molecule has 0 saturated carbocycles. The van der Waals surface area contributed by atoms with Crippen molar-refractivity contribution in [2.45, 2.75) is 47.1 Å². The van der Waals surface area contributed by atoms with E-state index in [4.69, 9.17) is 4.42 Å². The van der Waals surface area contributed by atoms with Gasteiger partial charge in [0.25, 0.3) is 0 Å². The molecule has 0 bridgehead atoms. The number of furan rings is 1. The molecule has 0 N–H and O–H groups in total. The van der Waals surface area contributed by atoms with Gasteiger partial charge in [-0.2, -0.15) is 5.10 Å². The van der Waals surface area contributed by atoms with E-state index in [1.54, 1.807) is 6.07 Å². The Labute approximate surface area is 127 Å². The van der Waals surface area contributed by atoms with Gasteiger partial charge in [0, 0.05) is 6.54 Å². The Morgan fingerprint density at radius 3 is 2.60 bits per heavy atom. The second-order valence-corrected chi connectivity index (χ2v) is 5.60. The van der Waals surface area contributed by atoms with Gasteiger partial charge in [0.15, 0.2) is 5.78 Å². The van der Waals surface area contributed by atoms with Crippen LogP contribution in [0.1, 0.15) is 47.1 Å². The predicted molar refractivity (Wildman–Crippen MR) is 81.2 cm³/mol. The molecule has 0 amide bonds. The molecule has 4 nitrogen and oxygen atoms in total. The monoisotopic (exact) mass is 338 g/mol. The number of aryl methyl sites for hydroxylation is 4. The Morgan fingerprint density at radius 2 is 2.10 bits per heavy atom. The molecule has 108 valence electrons. The Bertz CT molecular complexity index is 641. The highest BCUT2D eigenvalue weighted by Crippen LogP contribution is 2.25. The molecular weight excluding hydrogens is 320 g/mol. The molecule has 0 aromatic carbocycles.